The Morgan fingerprint density at radius 2 is 2.15 bits per heavy atom. The van der Waals surface area contributed by atoms with Crippen molar-refractivity contribution >= 4 is 27.7 Å². The van der Waals surface area contributed by atoms with Crippen molar-refractivity contribution in [3.8, 4) is 11.8 Å². The van der Waals surface area contributed by atoms with Crippen LogP contribution in [0.4, 0.5) is 14.9 Å². The van der Waals surface area contributed by atoms with Crippen LogP contribution < -0.4 is 14.8 Å². The van der Waals surface area contributed by atoms with E-state index < -0.39 is 33.9 Å². The summed E-state index contributed by atoms with van der Waals surface area (Å²) in [5.74, 6) is -1.93. The minimum atomic E-state index is -4.09. The molecule has 180 valence electrons. The summed E-state index contributed by atoms with van der Waals surface area (Å²) in [6.07, 6.45) is 0.721. The Kier molecular flexibility index (Phi) is 6.20. The summed E-state index contributed by atoms with van der Waals surface area (Å²) >= 11 is 0. The number of hydrogen-bond acceptors (Lipinski definition) is 7. The van der Waals surface area contributed by atoms with E-state index in [0.29, 0.717) is 0 Å². The SMILES string of the molecule is CCOC(=O)N1C[C@@H]2COc3c(cn(C)c3C(=O)Nc3ccc(F)c(C#N)c3)S(=O)(=O)N[C@@H]2C1. The Hall–Kier alpha value is -3.63. The largest absolute Gasteiger partial charge is 0.489 e. The third-order valence-corrected chi connectivity index (χ3v) is 7.15. The number of rotatable bonds is 3. The maximum absolute atomic E-state index is 13.6. The molecule has 0 radical (unpaired) electrons. The molecule has 3 heterocycles. The average molecular weight is 492 g/mol. The smallest absolute Gasteiger partial charge is 0.409 e. The molecule has 2 amide bonds. The lowest BCUT2D eigenvalue weighted by Gasteiger charge is -2.23. The molecule has 0 saturated carbocycles. The van der Waals surface area contributed by atoms with Crippen molar-refractivity contribution in [1.29, 1.82) is 5.26 Å². The van der Waals surface area contributed by atoms with Gasteiger partial charge in [-0.15, -0.1) is 0 Å². The highest BCUT2D eigenvalue weighted by atomic mass is 32.2. The number of aromatic nitrogens is 1. The van der Waals surface area contributed by atoms with Gasteiger partial charge in [-0.25, -0.2) is 22.3 Å². The number of likely N-dealkylation sites (tertiary alicyclic amines) is 1. The second kappa shape index (κ2) is 8.96. The first kappa shape index (κ1) is 23.5. The molecule has 0 spiro atoms. The number of nitrogens with zero attached hydrogens (tertiary/aromatic N) is 3. The number of hydrogen-bond donors (Lipinski definition) is 2. The first-order valence-corrected chi connectivity index (χ1v) is 11.9. The number of amides is 2. The van der Waals surface area contributed by atoms with Crippen LogP contribution in [0.3, 0.4) is 0 Å². The van der Waals surface area contributed by atoms with E-state index in [1.165, 1.54) is 34.8 Å². The molecule has 0 bridgehead atoms. The van der Waals surface area contributed by atoms with Gasteiger partial charge in [0.15, 0.2) is 11.4 Å². The molecule has 2 aliphatic heterocycles. The van der Waals surface area contributed by atoms with E-state index in [1.807, 2.05) is 0 Å². The van der Waals surface area contributed by atoms with Gasteiger partial charge in [-0.1, -0.05) is 0 Å². The van der Waals surface area contributed by atoms with Crippen LogP contribution in [-0.2, 0) is 21.8 Å². The van der Waals surface area contributed by atoms with Crippen LogP contribution in [0.25, 0.3) is 0 Å². The molecule has 2 N–H and O–H groups in total. The molecule has 0 aliphatic carbocycles. The van der Waals surface area contributed by atoms with Gasteiger partial charge in [-0.3, -0.25) is 4.79 Å². The van der Waals surface area contributed by atoms with Gasteiger partial charge in [0.25, 0.3) is 5.91 Å². The highest BCUT2D eigenvalue weighted by molar-refractivity contribution is 7.89. The van der Waals surface area contributed by atoms with Crippen LogP contribution >= 0.6 is 0 Å². The van der Waals surface area contributed by atoms with Gasteiger partial charge >= 0.3 is 6.09 Å². The van der Waals surface area contributed by atoms with Crippen LogP contribution in [-0.4, -0.2) is 62.2 Å². The number of halogens is 1. The third kappa shape index (κ3) is 4.29. The number of sulfonamides is 1. The van der Waals surface area contributed by atoms with Gasteiger partial charge in [0, 0.05) is 44.0 Å². The van der Waals surface area contributed by atoms with E-state index in [9.17, 15) is 22.4 Å². The number of anilines is 1. The normalized spacial score (nSPS) is 20.7. The fourth-order valence-corrected chi connectivity index (χ4v) is 5.53. The summed E-state index contributed by atoms with van der Waals surface area (Å²) in [6.45, 7) is 2.28. The number of nitriles is 1. The molecule has 34 heavy (non-hydrogen) atoms. The van der Waals surface area contributed by atoms with Gasteiger partial charge < -0.3 is 24.3 Å². The fourth-order valence-electron chi connectivity index (χ4n) is 4.04. The quantitative estimate of drug-likeness (QED) is 0.661. The Labute approximate surface area is 195 Å². The van der Waals surface area contributed by atoms with Crippen LogP contribution in [0.2, 0.25) is 0 Å². The number of nitrogens with one attached hydrogen (secondary N) is 2. The zero-order chi connectivity index (χ0) is 24.6. The van der Waals surface area contributed by atoms with Crippen molar-refractivity contribution in [2.24, 2.45) is 13.0 Å². The molecular formula is C21H22FN5O6S. The average Bonchev–Trinajstić information content (AvgIpc) is 3.33. The molecule has 4 rings (SSSR count). The lowest BCUT2D eigenvalue weighted by Crippen LogP contribution is -2.43. The summed E-state index contributed by atoms with van der Waals surface area (Å²) in [5.41, 5.74) is -0.158. The number of aryl methyl sites for hydroxylation is 1. The second-order valence-corrected chi connectivity index (χ2v) is 9.63. The van der Waals surface area contributed by atoms with E-state index >= 15 is 0 Å². The zero-order valence-electron chi connectivity index (χ0n) is 18.4. The van der Waals surface area contributed by atoms with Gasteiger partial charge in [0.05, 0.1) is 18.8 Å². The third-order valence-electron chi connectivity index (χ3n) is 5.67. The molecule has 2 aromatic rings. The van der Waals surface area contributed by atoms with Crippen molar-refractivity contribution in [3.05, 3.63) is 41.5 Å². The van der Waals surface area contributed by atoms with E-state index in [1.54, 1.807) is 13.0 Å². The van der Waals surface area contributed by atoms with E-state index in [2.05, 4.69) is 10.0 Å². The van der Waals surface area contributed by atoms with Gasteiger partial charge in [0.2, 0.25) is 10.0 Å². The Morgan fingerprint density at radius 3 is 2.85 bits per heavy atom. The maximum atomic E-state index is 13.6. The standard InChI is InChI=1S/C21H22FN5O6S/c1-3-32-21(29)27-8-13-11-33-19-17(34(30,31)25-16(13)9-27)10-26(2)18(19)20(28)24-14-4-5-15(22)12(6-14)7-23/h4-6,10,13,16,25H,3,8-9,11H2,1-2H3,(H,24,28)/t13-,16-/m1/s1. The number of carbonyl (C=O) groups excluding carboxylic acids is 2. The van der Waals surface area contributed by atoms with Crippen molar-refractivity contribution in [3.63, 3.8) is 0 Å². The highest BCUT2D eigenvalue weighted by Gasteiger charge is 2.42. The summed E-state index contributed by atoms with van der Waals surface area (Å²) < 4.78 is 54.6. The van der Waals surface area contributed by atoms with Crippen molar-refractivity contribution in [2.75, 3.05) is 31.6 Å². The number of fused-ring (bicyclic) bond motifs is 2. The first-order valence-electron chi connectivity index (χ1n) is 10.4. The Balaban J connectivity index is 1.62. The summed E-state index contributed by atoms with van der Waals surface area (Å²) in [6, 6.07) is 4.61. The van der Waals surface area contributed by atoms with Crippen LogP contribution in [0.5, 0.6) is 5.75 Å². The predicted octanol–water partition coefficient (Wildman–Crippen LogP) is 1.42. The number of ether oxygens (including phenoxy) is 2. The maximum Gasteiger partial charge on any atom is 0.409 e. The van der Waals surface area contributed by atoms with Crippen LogP contribution in [0.15, 0.2) is 29.3 Å². The number of carbonyl (C=O) groups is 2. The fraction of sp³-hybridized carbons (Fsp3) is 0.381. The Morgan fingerprint density at radius 1 is 1.38 bits per heavy atom. The monoisotopic (exact) mass is 491 g/mol. The molecular weight excluding hydrogens is 469 g/mol. The molecule has 0 unspecified atom stereocenters. The van der Waals surface area contributed by atoms with Crippen LogP contribution in [0, 0.1) is 23.1 Å². The number of benzene rings is 1. The van der Waals surface area contributed by atoms with Crippen LogP contribution in [0.1, 0.15) is 23.0 Å². The molecule has 11 nitrogen and oxygen atoms in total. The molecule has 1 fully saturated rings. The van der Waals surface area contributed by atoms with E-state index in [0.717, 1.165) is 6.07 Å². The topological polar surface area (TPSA) is 143 Å². The van der Waals surface area contributed by atoms with Crippen molar-refractivity contribution in [2.45, 2.75) is 17.9 Å². The molecule has 2 aliphatic rings. The highest BCUT2D eigenvalue weighted by Crippen LogP contribution is 2.34. The van der Waals surface area contributed by atoms with Gasteiger partial charge in [-0.05, 0) is 25.1 Å². The lowest BCUT2D eigenvalue weighted by molar-refractivity contribution is 0.101. The molecule has 13 heteroatoms. The second-order valence-electron chi connectivity index (χ2n) is 7.95. The van der Waals surface area contributed by atoms with E-state index in [4.69, 9.17) is 14.7 Å². The van der Waals surface area contributed by atoms with E-state index in [-0.39, 0.29) is 59.8 Å². The summed E-state index contributed by atoms with van der Waals surface area (Å²) in [5, 5.41) is 11.5. The predicted molar refractivity (Wildman–Crippen MR) is 116 cm³/mol. The molecule has 1 saturated heterocycles. The molecule has 1 aromatic carbocycles. The minimum Gasteiger partial charge on any atom is -0.489 e. The summed E-state index contributed by atoms with van der Waals surface area (Å²) in [7, 11) is -2.60. The van der Waals surface area contributed by atoms with Gasteiger partial charge in [0.1, 0.15) is 16.8 Å². The first-order chi connectivity index (χ1) is 16.1. The van der Waals surface area contributed by atoms with Crippen molar-refractivity contribution in [1.82, 2.24) is 14.2 Å². The lowest BCUT2D eigenvalue weighted by atomic mass is 10.1. The molecule has 1 aromatic heterocycles. The van der Waals surface area contributed by atoms with Gasteiger partial charge in [-0.2, -0.15) is 5.26 Å². The Bertz CT molecular complexity index is 1300. The zero-order valence-corrected chi connectivity index (χ0v) is 19.2. The molecule has 2 atom stereocenters. The minimum absolute atomic E-state index is 0.0511. The summed E-state index contributed by atoms with van der Waals surface area (Å²) in [4.78, 5) is 26.3. The van der Waals surface area contributed by atoms with Crippen molar-refractivity contribution < 1.29 is 31.9 Å².